The van der Waals surface area contributed by atoms with E-state index in [1.54, 1.807) is 18.5 Å². The molecule has 0 aliphatic heterocycles. The van der Waals surface area contributed by atoms with Crippen molar-refractivity contribution in [1.29, 1.82) is 5.26 Å². The number of carbonyl (C=O) groups excluding carboxylic acids is 1. The first-order valence-corrected chi connectivity index (χ1v) is 10.4. The van der Waals surface area contributed by atoms with Gasteiger partial charge in [0.15, 0.2) is 0 Å². The van der Waals surface area contributed by atoms with Crippen molar-refractivity contribution in [3.05, 3.63) is 60.0 Å². The van der Waals surface area contributed by atoms with Crippen LogP contribution in [0.15, 0.2) is 48.8 Å². The highest BCUT2D eigenvalue weighted by Gasteiger charge is 2.20. The molecule has 2 heterocycles. The van der Waals surface area contributed by atoms with Crippen LogP contribution in [0.25, 0.3) is 16.6 Å². The third-order valence-electron chi connectivity index (χ3n) is 5.18. The quantitative estimate of drug-likeness (QED) is 0.342. The van der Waals surface area contributed by atoms with Gasteiger partial charge in [0, 0.05) is 23.5 Å². The first-order chi connectivity index (χ1) is 14.2. The van der Waals surface area contributed by atoms with Crippen LogP contribution >= 0.6 is 0 Å². The zero-order chi connectivity index (χ0) is 20.6. The summed E-state index contributed by atoms with van der Waals surface area (Å²) in [5.41, 5.74) is 2.56. The second-order valence-electron chi connectivity index (χ2n) is 7.23. The molecule has 0 saturated heterocycles. The molecule has 0 aliphatic rings. The number of nitrogens with zero attached hydrogens (tertiary/aromatic N) is 3. The van der Waals surface area contributed by atoms with Crippen molar-refractivity contribution in [1.82, 2.24) is 9.55 Å². The van der Waals surface area contributed by atoms with E-state index in [9.17, 15) is 4.79 Å². The number of nitriles is 1. The fraction of sp³-hybridized carbons (Fsp3) is 0.375. The number of para-hydroxylation sites is 1. The summed E-state index contributed by atoms with van der Waals surface area (Å²) in [6.45, 7) is 4.25. The van der Waals surface area contributed by atoms with Gasteiger partial charge in [-0.2, -0.15) is 5.26 Å². The molecule has 0 bridgehead atoms. The summed E-state index contributed by atoms with van der Waals surface area (Å²) in [4.78, 5) is 17.0. The Morgan fingerprint density at radius 3 is 2.79 bits per heavy atom. The van der Waals surface area contributed by atoms with Crippen LogP contribution in [0.4, 0.5) is 0 Å². The topological polar surface area (TPSA) is 67.9 Å². The average Bonchev–Trinajstić information content (AvgIpc) is 3.15. The maximum atomic E-state index is 13.0. The summed E-state index contributed by atoms with van der Waals surface area (Å²) in [5, 5.41) is 9.99. The fourth-order valence-electron chi connectivity index (χ4n) is 3.55. The van der Waals surface area contributed by atoms with Crippen LogP contribution in [0.5, 0.6) is 0 Å². The summed E-state index contributed by atoms with van der Waals surface area (Å²) in [5.74, 6) is -0.295. The number of hydrogen-bond acceptors (Lipinski definition) is 4. The predicted molar refractivity (Wildman–Crippen MR) is 114 cm³/mol. The Morgan fingerprint density at radius 1 is 1.21 bits per heavy atom. The Morgan fingerprint density at radius 2 is 2.03 bits per heavy atom. The molecule has 0 spiro atoms. The number of ether oxygens (including phenoxy) is 1. The molecule has 1 atom stereocenters. The highest BCUT2D eigenvalue weighted by molar-refractivity contribution is 6.05. The zero-order valence-electron chi connectivity index (χ0n) is 17.1. The minimum absolute atomic E-state index is 0.0624. The smallest absolute Gasteiger partial charge is 0.340 e. The van der Waals surface area contributed by atoms with Gasteiger partial charge >= 0.3 is 5.97 Å². The van der Waals surface area contributed by atoms with E-state index in [0.29, 0.717) is 11.3 Å². The van der Waals surface area contributed by atoms with Crippen molar-refractivity contribution in [3.63, 3.8) is 0 Å². The van der Waals surface area contributed by atoms with Gasteiger partial charge in [-0.3, -0.25) is 0 Å². The molecular weight excluding hydrogens is 362 g/mol. The Bertz CT molecular complexity index is 1020. The van der Waals surface area contributed by atoms with E-state index in [1.165, 1.54) is 19.3 Å². The second kappa shape index (κ2) is 9.88. The molecule has 0 N–H and O–H groups in total. The van der Waals surface area contributed by atoms with Crippen LogP contribution in [0.3, 0.4) is 0 Å². The van der Waals surface area contributed by atoms with Gasteiger partial charge in [0.2, 0.25) is 0 Å². The normalized spacial score (nSPS) is 11.9. The lowest BCUT2D eigenvalue weighted by Gasteiger charge is -2.15. The molecule has 0 saturated carbocycles. The van der Waals surface area contributed by atoms with Crippen molar-refractivity contribution in [3.8, 4) is 11.8 Å². The van der Waals surface area contributed by atoms with E-state index < -0.39 is 0 Å². The van der Waals surface area contributed by atoms with E-state index in [2.05, 4.69) is 24.9 Å². The van der Waals surface area contributed by atoms with E-state index in [1.807, 2.05) is 34.9 Å². The second-order valence-corrected chi connectivity index (χ2v) is 7.23. The summed E-state index contributed by atoms with van der Waals surface area (Å²) in [7, 11) is 0. The number of pyridine rings is 1. The minimum Gasteiger partial charge on any atom is -0.459 e. The van der Waals surface area contributed by atoms with E-state index in [-0.39, 0.29) is 12.1 Å². The molecule has 3 rings (SSSR count). The van der Waals surface area contributed by atoms with Crippen molar-refractivity contribution >= 4 is 16.9 Å². The Hall–Kier alpha value is -3.13. The molecule has 0 fully saturated rings. The Balaban J connectivity index is 1.87. The molecule has 3 aromatic rings. The Kier molecular flexibility index (Phi) is 7.02. The molecule has 29 heavy (non-hydrogen) atoms. The van der Waals surface area contributed by atoms with Crippen LogP contribution in [-0.2, 0) is 4.74 Å². The number of fused-ring (bicyclic) bond motifs is 1. The van der Waals surface area contributed by atoms with Crippen LogP contribution in [0.2, 0.25) is 0 Å². The van der Waals surface area contributed by atoms with E-state index in [0.717, 1.165) is 35.9 Å². The zero-order valence-corrected chi connectivity index (χ0v) is 17.1. The van der Waals surface area contributed by atoms with Gasteiger partial charge in [-0.1, -0.05) is 51.3 Å². The van der Waals surface area contributed by atoms with Crippen molar-refractivity contribution in [2.75, 3.05) is 0 Å². The molecule has 1 aromatic carbocycles. The lowest BCUT2D eigenvalue weighted by Crippen LogP contribution is -2.17. The highest BCUT2D eigenvalue weighted by Crippen LogP contribution is 2.26. The van der Waals surface area contributed by atoms with Gasteiger partial charge in [0.1, 0.15) is 17.9 Å². The molecule has 5 heteroatoms. The summed E-state index contributed by atoms with van der Waals surface area (Å²) < 4.78 is 7.76. The summed E-state index contributed by atoms with van der Waals surface area (Å²) in [6, 6.07) is 13.3. The number of unbranched alkanes of at least 4 members (excludes halogenated alkanes) is 3. The molecule has 0 radical (unpaired) electrons. The van der Waals surface area contributed by atoms with Crippen molar-refractivity contribution in [2.24, 2.45) is 0 Å². The molecule has 0 aliphatic carbocycles. The summed E-state index contributed by atoms with van der Waals surface area (Å²) >= 11 is 0. The minimum atomic E-state index is -0.295. The van der Waals surface area contributed by atoms with Gasteiger partial charge in [-0.25, -0.2) is 9.78 Å². The number of hydrogen-bond donors (Lipinski definition) is 0. The molecule has 1 unspecified atom stereocenters. The average molecular weight is 389 g/mol. The highest BCUT2D eigenvalue weighted by atomic mass is 16.5. The predicted octanol–water partition coefficient (Wildman–Crippen LogP) is 5.80. The van der Waals surface area contributed by atoms with E-state index in [4.69, 9.17) is 10.00 Å². The van der Waals surface area contributed by atoms with Gasteiger partial charge in [-0.05, 0) is 37.5 Å². The summed E-state index contributed by atoms with van der Waals surface area (Å²) in [6.07, 6.45) is 9.71. The number of rotatable bonds is 9. The maximum absolute atomic E-state index is 13.0. The maximum Gasteiger partial charge on any atom is 0.340 e. The van der Waals surface area contributed by atoms with Crippen molar-refractivity contribution in [2.45, 2.75) is 58.5 Å². The molecule has 150 valence electrons. The number of benzene rings is 1. The number of esters is 1. The Labute approximate surface area is 171 Å². The van der Waals surface area contributed by atoms with Crippen LogP contribution in [-0.4, -0.2) is 21.6 Å². The van der Waals surface area contributed by atoms with E-state index >= 15 is 0 Å². The lowest BCUT2D eigenvalue weighted by molar-refractivity contribution is 0.0269. The van der Waals surface area contributed by atoms with Crippen LogP contribution in [0, 0.1) is 11.3 Å². The standard InChI is InChI=1S/C24H27N3O2/c1-3-5-6-7-10-20(4-2)29-24(28)22-17-27(23-12-9-8-11-21(22)23)19-13-14-26-18(15-19)16-25/h8-9,11-15,17,20H,3-7,10H2,1-2H3. The monoisotopic (exact) mass is 389 g/mol. The van der Waals surface area contributed by atoms with Crippen molar-refractivity contribution < 1.29 is 9.53 Å². The van der Waals surface area contributed by atoms with Crippen LogP contribution < -0.4 is 0 Å². The number of aromatic nitrogens is 2. The molecule has 0 amide bonds. The fourth-order valence-corrected chi connectivity index (χ4v) is 3.55. The number of carbonyl (C=O) groups is 1. The molecule has 5 nitrogen and oxygen atoms in total. The first-order valence-electron chi connectivity index (χ1n) is 10.4. The third-order valence-corrected chi connectivity index (χ3v) is 5.18. The third kappa shape index (κ3) is 4.83. The SMILES string of the molecule is CCCCCCC(CC)OC(=O)c1cn(-c2ccnc(C#N)c2)c2ccccc12. The van der Waals surface area contributed by atoms with Gasteiger partial charge in [-0.15, -0.1) is 0 Å². The van der Waals surface area contributed by atoms with Crippen LogP contribution in [0.1, 0.15) is 68.4 Å². The largest absolute Gasteiger partial charge is 0.459 e. The van der Waals surface area contributed by atoms with Gasteiger partial charge in [0.05, 0.1) is 11.1 Å². The van der Waals surface area contributed by atoms with Gasteiger partial charge < -0.3 is 9.30 Å². The lowest BCUT2D eigenvalue weighted by atomic mass is 10.1. The first kappa shape index (κ1) is 20.6. The molecule has 2 aromatic heterocycles. The van der Waals surface area contributed by atoms with Gasteiger partial charge in [0.25, 0.3) is 0 Å². The molecular formula is C24H27N3O2.